The molecule has 0 aromatic heterocycles. The van der Waals surface area contributed by atoms with Gasteiger partial charge in [-0.25, -0.2) is 0 Å². The molecule has 2 unspecified atom stereocenters. The molecule has 3 saturated heterocycles. The van der Waals surface area contributed by atoms with Crippen LogP contribution in [0.4, 0.5) is 11.4 Å². The van der Waals surface area contributed by atoms with Gasteiger partial charge in [0.05, 0.1) is 36.7 Å². The summed E-state index contributed by atoms with van der Waals surface area (Å²) in [6, 6.07) is 20.9. The molecule has 3 N–H and O–H groups in total. The van der Waals surface area contributed by atoms with Gasteiger partial charge < -0.3 is 30.1 Å². The van der Waals surface area contributed by atoms with Crippen LogP contribution in [0.2, 0.25) is 5.02 Å². The number of aliphatic hydroxyl groups excluding tert-OH is 1. The zero-order valence-corrected chi connectivity index (χ0v) is 24.7. The Bertz CT molecular complexity index is 1520. The Labute approximate surface area is 255 Å². The van der Waals surface area contributed by atoms with Gasteiger partial charge in [0.2, 0.25) is 17.7 Å². The van der Waals surface area contributed by atoms with Gasteiger partial charge in [0, 0.05) is 16.4 Å². The normalized spacial score (nSPS) is 28.0. The molecule has 0 radical (unpaired) electrons. The lowest BCUT2D eigenvalue weighted by molar-refractivity contribution is -0.147. The number of carbonyl (C=O) groups is 3. The van der Waals surface area contributed by atoms with Crippen molar-refractivity contribution >= 4 is 40.7 Å². The SMILES string of the molecule is CCOc1ccc(NC(=O)[C@@H]2[C@H]3C(=O)N([C@H](CO)c4ccccc4)C(C(=O)Nc4ccc(Cl)cc4)C34CC[C@@]2(C)O4)cc1. The van der Waals surface area contributed by atoms with E-state index >= 15 is 0 Å². The summed E-state index contributed by atoms with van der Waals surface area (Å²) >= 11 is 6.05. The van der Waals surface area contributed by atoms with Crippen LogP contribution in [0.3, 0.4) is 0 Å². The maximum Gasteiger partial charge on any atom is 0.250 e. The zero-order valence-electron chi connectivity index (χ0n) is 24.0. The largest absolute Gasteiger partial charge is 0.494 e. The third-order valence-corrected chi connectivity index (χ3v) is 9.23. The van der Waals surface area contributed by atoms with Gasteiger partial charge in [0.25, 0.3) is 0 Å². The first kappa shape index (κ1) is 29.2. The molecule has 9 nitrogen and oxygen atoms in total. The molecule has 43 heavy (non-hydrogen) atoms. The van der Waals surface area contributed by atoms with Crippen molar-refractivity contribution in [2.24, 2.45) is 11.8 Å². The molecule has 0 aliphatic carbocycles. The van der Waals surface area contributed by atoms with Crippen LogP contribution < -0.4 is 15.4 Å². The summed E-state index contributed by atoms with van der Waals surface area (Å²) in [5.74, 6) is -2.30. The Morgan fingerprint density at radius 3 is 2.26 bits per heavy atom. The van der Waals surface area contributed by atoms with E-state index in [1.54, 1.807) is 48.5 Å². The van der Waals surface area contributed by atoms with Crippen LogP contribution in [0.25, 0.3) is 0 Å². The summed E-state index contributed by atoms with van der Waals surface area (Å²) in [4.78, 5) is 44.1. The maximum absolute atomic E-state index is 14.5. The van der Waals surface area contributed by atoms with Crippen molar-refractivity contribution < 1.29 is 29.0 Å². The van der Waals surface area contributed by atoms with Gasteiger partial charge in [-0.15, -0.1) is 0 Å². The second-order valence-electron chi connectivity index (χ2n) is 11.5. The number of likely N-dealkylation sites (tertiary alicyclic amines) is 1. The molecule has 3 fully saturated rings. The van der Waals surface area contributed by atoms with Crippen LogP contribution in [0.1, 0.15) is 38.3 Å². The summed E-state index contributed by atoms with van der Waals surface area (Å²) in [6.45, 7) is 3.85. The summed E-state index contributed by atoms with van der Waals surface area (Å²) in [5, 5.41) is 17.0. The Morgan fingerprint density at radius 2 is 1.63 bits per heavy atom. The third kappa shape index (κ3) is 4.95. The van der Waals surface area contributed by atoms with Gasteiger partial charge in [-0.3, -0.25) is 14.4 Å². The van der Waals surface area contributed by atoms with E-state index in [4.69, 9.17) is 21.1 Å². The number of benzene rings is 3. The lowest BCUT2D eigenvalue weighted by Crippen LogP contribution is -2.54. The second kappa shape index (κ2) is 11.3. The van der Waals surface area contributed by atoms with Crippen LogP contribution in [0.5, 0.6) is 5.75 Å². The van der Waals surface area contributed by atoms with Crippen molar-refractivity contribution in [2.45, 2.75) is 50.0 Å². The average Bonchev–Trinajstić information content (AvgIpc) is 3.57. The number of hydrogen-bond donors (Lipinski definition) is 3. The number of nitrogens with zero attached hydrogens (tertiary/aromatic N) is 1. The number of fused-ring (bicyclic) bond motifs is 1. The van der Waals surface area contributed by atoms with E-state index in [9.17, 15) is 19.5 Å². The Kier molecular flexibility index (Phi) is 7.66. The van der Waals surface area contributed by atoms with Crippen molar-refractivity contribution in [1.29, 1.82) is 0 Å². The van der Waals surface area contributed by atoms with Gasteiger partial charge >= 0.3 is 0 Å². The zero-order chi connectivity index (χ0) is 30.4. The van der Waals surface area contributed by atoms with Crippen LogP contribution in [-0.2, 0) is 19.1 Å². The minimum Gasteiger partial charge on any atom is -0.494 e. The van der Waals surface area contributed by atoms with Crippen molar-refractivity contribution in [1.82, 2.24) is 4.90 Å². The topological polar surface area (TPSA) is 117 Å². The highest BCUT2D eigenvalue weighted by Gasteiger charge is 2.78. The highest BCUT2D eigenvalue weighted by molar-refractivity contribution is 6.30. The van der Waals surface area contributed by atoms with E-state index < -0.39 is 53.5 Å². The smallest absolute Gasteiger partial charge is 0.250 e. The number of nitrogens with one attached hydrogen (secondary N) is 2. The molecule has 3 aliphatic rings. The molecule has 6 atom stereocenters. The van der Waals surface area contributed by atoms with Crippen LogP contribution in [-0.4, -0.2) is 58.2 Å². The minimum atomic E-state index is -1.26. The van der Waals surface area contributed by atoms with E-state index in [-0.39, 0.29) is 5.91 Å². The Hall–Kier alpha value is -3.92. The van der Waals surface area contributed by atoms with Crippen LogP contribution in [0, 0.1) is 11.8 Å². The van der Waals surface area contributed by atoms with Crippen molar-refractivity contribution in [3.05, 3.63) is 89.4 Å². The van der Waals surface area contributed by atoms with E-state index in [0.29, 0.717) is 47.2 Å². The number of carbonyl (C=O) groups excluding carboxylic acids is 3. The molecule has 6 rings (SSSR count). The average molecular weight is 604 g/mol. The summed E-state index contributed by atoms with van der Waals surface area (Å²) in [7, 11) is 0. The Balaban J connectivity index is 1.38. The highest BCUT2D eigenvalue weighted by atomic mass is 35.5. The highest BCUT2D eigenvalue weighted by Crippen LogP contribution is 2.64. The third-order valence-electron chi connectivity index (χ3n) is 8.98. The Morgan fingerprint density at radius 1 is 1.00 bits per heavy atom. The number of ether oxygens (including phenoxy) is 2. The lowest BCUT2D eigenvalue weighted by Gasteiger charge is -2.37. The van der Waals surface area contributed by atoms with E-state index in [1.165, 1.54) is 4.90 Å². The minimum absolute atomic E-state index is 0.356. The van der Waals surface area contributed by atoms with Gasteiger partial charge in [0.1, 0.15) is 17.4 Å². The summed E-state index contributed by atoms with van der Waals surface area (Å²) < 4.78 is 12.2. The first-order valence-electron chi connectivity index (χ1n) is 14.5. The number of aliphatic hydroxyl groups is 1. The molecule has 3 aromatic rings. The molecule has 3 amide bonds. The number of anilines is 2. The summed E-state index contributed by atoms with van der Waals surface area (Å²) in [6.07, 6.45) is 0.903. The molecule has 3 aromatic carbocycles. The second-order valence-corrected chi connectivity index (χ2v) is 12.0. The quantitative estimate of drug-likeness (QED) is 0.323. The number of rotatable bonds is 9. The fourth-order valence-electron chi connectivity index (χ4n) is 7.19. The molecule has 1 spiro atoms. The molecule has 2 bridgehead atoms. The first-order valence-corrected chi connectivity index (χ1v) is 14.9. The number of halogens is 1. The van der Waals surface area contributed by atoms with Gasteiger partial charge in [0.15, 0.2) is 0 Å². The van der Waals surface area contributed by atoms with Gasteiger partial charge in [-0.05, 0) is 80.8 Å². The lowest BCUT2D eigenvalue weighted by atomic mass is 9.66. The molecule has 3 aliphatic heterocycles. The molecule has 0 saturated carbocycles. The molecule has 224 valence electrons. The predicted octanol–water partition coefficient (Wildman–Crippen LogP) is 4.81. The van der Waals surface area contributed by atoms with E-state index in [2.05, 4.69) is 10.6 Å². The number of amides is 3. The van der Waals surface area contributed by atoms with E-state index in [0.717, 1.165) is 0 Å². The van der Waals surface area contributed by atoms with Gasteiger partial charge in [-0.1, -0.05) is 41.9 Å². The van der Waals surface area contributed by atoms with Crippen LogP contribution >= 0.6 is 11.6 Å². The van der Waals surface area contributed by atoms with Crippen molar-refractivity contribution in [3.8, 4) is 5.75 Å². The molecular weight excluding hydrogens is 570 g/mol. The number of hydrogen-bond acceptors (Lipinski definition) is 6. The fraction of sp³-hybridized carbons (Fsp3) is 0.364. The van der Waals surface area contributed by atoms with Crippen LogP contribution in [0.15, 0.2) is 78.9 Å². The molecule has 3 heterocycles. The van der Waals surface area contributed by atoms with E-state index in [1.807, 2.05) is 44.2 Å². The maximum atomic E-state index is 14.5. The summed E-state index contributed by atoms with van der Waals surface area (Å²) in [5.41, 5.74) is -0.473. The monoisotopic (exact) mass is 603 g/mol. The van der Waals surface area contributed by atoms with Gasteiger partial charge in [-0.2, -0.15) is 0 Å². The standard InChI is InChI=1S/C33H34ClN3O6/c1-3-42-24-15-13-23(14-16-24)35-29(39)26-27-31(41)37(25(19-38)20-7-5-4-6-8-20)28(33(27)18-17-32(26,2)43-33)30(40)36-22-11-9-21(34)10-12-22/h4-16,25-28,38H,3,17-19H2,1-2H3,(H,35,39)(H,36,40)/t25-,26+,27+,28?,32-,33?/m1/s1. The first-order chi connectivity index (χ1) is 20.7. The molecular formula is C33H34ClN3O6. The molecule has 10 heteroatoms. The predicted molar refractivity (Wildman–Crippen MR) is 162 cm³/mol. The van der Waals surface area contributed by atoms with Crippen molar-refractivity contribution in [2.75, 3.05) is 23.8 Å². The van der Waals surface area contributed by atoms with Crippen molar-refractivity contribution in [3.63, 3.8) is 0 Å². The fourth-order valence-corrected chi connectivity index (χ4v) is 7.32.